The van der Waals surface area contributed by atoms with Crippen molar-refractivity contribution < 1.29 is 9.47 Å². The zero-order chi connectivity index (χ0) is 13.5. The number of allylic oxidation sites excluding steroid dienone is 1. The Kier molecular flexibility index (Phi) is 5.28. The van der Waals surface area contributed by atoms with Gasteiger partial charge in [-0.05, 0) is 50.6 Å². The lowest BCUT2D eigenvalue weighted by molar-refractivity contribution is 0.160. The van der Waals surface area contributed by atoms with Crippen LogP contribution in [0.25, 0.3) is 0 Å². The van der Waals surface area contributed by atoms with E-state index in [4.69, 9.17) is 9.47 Å². The summed E-state index contributed by atoms with van der Waals surface area (Å²) in [5, 5.41) is 3.30. The molecule has 1 unspecified atom stereocenters. The fraction of sp³-hybridized carbons (Fsp3) is 0.500. The van der Waals surface area contributed by atoms with Crippen molar-refractivity contribution >= 4 is 0 Å². The Morgan fingerprint density at radius 1 is 1.42 bits per heavy atom. The average molecular weight is 261 g/mol. The van der Waals surface area contributed by atoms with Crippen LogP contribution in [-0.4, -0.2) is 26.3 Å². The number of aryl methyl sites for hydroxylation is 1. The molecule has 1 aliphatic rings. The van der Waals surface area contributed by atoms with E-state index in [0.29, 0.717) is 6.61 Å². The van der Waals surface area contributed by atoms with E-state index in [9.17, 15) is 0 Å². The summed E-state index contributed by atoms with van der Waals surface area (Å²) in [6.07, 6.45) is 5.35. The lowest BCUT2D eigenvalue weighted by Crippen LogP contribution is -2.31. The molecule has 3 heteroatoms. The summed E-state index contributed by atoms with van der Waals surface area (Å²) < 4.78 is 11.5. The largest absolute Gasteiger partial charge is 0.497 e. The fourth-order valence-electron chi connectivity index (χ4n) is 2.25. The van der Waals surface area contributed by atoms with E-state index in [2.05, 4.69) is 30.4 Å². The molecule has 0 aromatic heterocycles. The van der Waals surface area contributed by atoms with Crippen molar-refractivity contribution in [3.63, 3.8) is 0 Å². The predicted molar refractivity (Wildman–Crippen MR) is 77.4 cm³/mol. The smallest absolute Gasteiger partial charge is 0.119 e. The monoisotopic (exact) mass is 261 g/mol. The van der Waals surface area contributed by atoms with Gasteiger partial charge in [-0.2, -0.15) is 0 Å². The van der Waals surface area contributed by atoms with E-state index in [1.807, 2.05) is 19.2 Å². The third kappa shape index (κ3) is 4.28. The molecule has 0 aliphatic carbocycles. The van der Waals surface area contributed by atoms with Gasteiger partial charge in [0, 0.05) is 6.42 Å². The molecule has 3 nitrogen and oxygen atoms in total. The minimum absolute atomic E-state index is 0.255. The van der Waals surface area contributed by atoms with E-state index in [-0.39, 0.29) is 6.04 Å². The Morgan fingerprint density at radius 3 is 3.00 bits per heavy atom. The van der Waals surface area contributed by atoms with E-state index in [0.717, 1.165) is 37.4 Å². The Morgan fingerprint density at radius 2 is 2.32 bits per heavy atom. The molecule has 0 saturated heterocycles. The second kappa shape index (κ2) is 7.19. The summed E-state index contributed by atoms with van der Waals surface area (Å²) in [7, 11) is 1.97. The maximum absolute atomic E-state index is 5.79. The lowest BCUT2D eigenvalue weighted by Gasteiger charge is -2.23. The molecule has 1 aliphatic heterocycles. The van der Waals surface area contributed by atoms with Crippen molar-refractivity contribution in [3.8, 4) is 5.75 Å². The summed E-state index contributed by atoms with van der Waals surface area (Å²) >= 11 is 0. The number of benzene rings is 1. The van der Waals surface area contributed by atoms with Crippen molar-refractivity contribution in [2.75, 3.05) is 20.3 Å². The fourth-order valence-corrected chi connectivity index (χ4v) is 2.25. The van der Waals surface area contributed by atoms with Gasteiger partial charge in [0.2, 0.25) is 0 Å². The van der Waals surface area contributed by atoms with Crippen LogP contribution in [0.4, 0.5) is 0 Å². The molecule has 1 N–H and O–H groups in total. The molecule has 0 fully saturated rings. The molecule has 0 bridgehead atoms. The van der Waals surface area contributed by atoms with Gasteiger partial charge in [-0.3, -0.25) is 0 Å². The summed E-state index contributed by atoms with van der Waals surface area (Å²) in [6, 6.07) is 8.41. The second-order valence-electron chi connectivity index (χ2n) is 4.89. The van der Waals surface area contributed by atoms with Gasteiger partial charge < -0.3 is 14.8 Å². The van der Waals surface area contributed by atoms with Crippen LogP contribution in [0.5, 0.6) is 5.75 Å². The van der Waals surface area contributed by atoms with Gasteiger partial charge in [-0.25, -0.2) is 0 Å². The highest BCUT2D eigenvalue weighted by Crippen LogP contribution is 2.17. The standard InChI is InChI=1S/C16H23NO2/c1-13-6-5-7-14(12-13)18-11-9-15(17-2)16-8-3-4-10-19-16/h5-8,12,15,17H,3-4,9-11H2,1-2H3. The van der Waals surface area contributed by atoms with Gasteiger partial charge in [0.15, 0.2) is 0 Å². The topological polar surface area (TPSA) is 30.5 Å². The Bertz CT molecular complexity index is 429. The Hall–Kier alpha value is -1.48. The summed E-state index contributed by atoms with van der Waals surface area (Å²) in [4.78, 5) is 0. The van der Waals surface area contributed by atoms with E-state index < -0.39 is 0 Å². The highest BCUT2D eigenvalue weighted by molar-refractivity contribution is 5.27. The first-order chi connectivity index (χ1) is 9.29. The number of ether oxygens (including phenoxy) is 2. The van der Waals surface area contributed by atoms with Crippen molar-refractivity contribution in [2.45, 2.75) is 32.2 Å². The summed E-state index contributed by atoms with van der Waals surface area (Å²) in [5.41, 5.74) is 1.22. The van der Waals surface area contributed by atoms with Crippen LogP contribution in [0, 0.1) is 6.92 Å². The molecule has 0 saturated carbocycles. The van der Waals surface area contributed by atoms with Crippen LogP contribution in [0.1, 0.15) is 24.8 Å². The summed E-state index contributed by atoms with van der Waals surface area (Å²) in [6.45, 7) is 3.60. The van der Waals surface area contributed by atoms with Gasteiger partial charge in [-0.1, -0.05) is 12.1 Å². The van der Waals surface area contributed by atoms with Crippen molar-refractivity contribution in [1.29, 1.82) is 0 Å². The normalized spacial score (nSPS) is 16.4. The molecule has 1 heterocycles. The SMILES string of the molecule is CNC(CCOc1cccc(C)c1)C1=CCCCO1. The molecule has 2 rings (SSSR count). The van der Waals surface area contributed by atoms with Gasteiger partial charge in [0.1, 0.15) is 11.5 Å². The van der Waals surface area contributed by atoms with Crippen LogP contribution < -0.4 is 10.1 Å². The first-order valence-electron chi connectivity index (χ1n) is 6.99. The first kappa shape index (κ1) is 13.9. The van der Waals surface area contributed by atoms with Gasteiger partial charge in [0.25, 0.3) is 0 Å². The molecule has 1 aromatic carbocycles. The van der Waals surface area contributed by atoms with Crippen LogP contribution in [0.2, 0.25) is 0 Å². The van der Waals surface area contributed by atoms with Crippen molar-refractivity contribution in [3.05, 3.63) is 41.7 Å². The number of hydrogen-bond acceptors (Lipinski definition) is 3. The van der Waals surface area contributed by atoms with Crippen molar-refractivity contribution in [2.24, 2.45) is 0 Å². The zero-order valence-corrected chi connectivity index (χ0v) is 11.8. The van der Waals surface area contributed by atoms with Crippen LogP contribution in [0.3, 0.4) is 0 Å². The molecular formula is C16H23NO2. The average Bonchev–Trinajstić information content (AvgIpc) is 2.45. The maximum Gasteiger partial charge on any atom is 0.119 e. The highest BCUT2D eigenvalue weighted by Gasteiger charge is 2.15. The second-order valence-corrected chi connectivity index (χ2v) is 4.89. The van der Waals surface area contributed by atoms with E-state index >= 15 is 0 Å². The molecular weight excluding hydrogens is 238 g/mol. The predicted octanol–water partition coefficient (Wildman–Crippen LogP) is 3.05. The first-order valence-corrected chi connectivity index (χ1v) is 6.99. The Labute approximate surface area is 115 Å². The number of rotatable bonds is 6. The van der Waals surface area contributed by atoms with Crippen LogP contribution in [-0.2, 0) is 4.74 Å². The van der Waals surface area contributed by atoms with E-state index in [1.54, 1.807) is 0 Å². The Balaban J connectivity index is 1.81. The number of hydrogen-bond donors (Lipinski definition) is 1. The van der Waals surface area contributed by atoms with Gasteiger partial charge >= 0.3 is 0 Å². The third-order valence-corrected chi connectivity index (χ3v) is 3.32. The molecule has 0 spiro atoms. The highest BCUT2D eigenvalue weighted by atomic mass is 16.5. The number of likely N-dealkylation sites (N-methyl/N-ethyl adjacent to an activating group) is 1. The molecule has 1 atom stereocenters. The van der Waals surface area contributed by atoms with Gasteiger partial charge in [0.05, 0.1) is 19.3 Å². The van der Waals surface area contributed by atoms with Crippen LogP contribution in [0.15, 0.2) is 36.1 Å². The maximum atomic E-state index is 5.79. The lowest BCUT2D eigenvalue weighted by atomic mass is 10.1. The van der Waals surface area contributed by atoms with Gasteiger partial charge in [-0.15, -0.1) is 0 Å². The molecule has 0 amide bonds. The van der Waals surface area contributed by atoms with E-state index in [1.165, 1.54) is 5.56 Å². The molecule has 19 heavy (non-hydrogen) atoms. The minimum atomic E-state index is 0.255. The van der Waals surface area contributed by atoms with Crippen LogP contribution >= 0.6 is 0 Å². The van der Waals surface area contributed by atoms with Crippen molar-refractivity contribution in [1.82, 2.24) is 5.32 Å². The zero-order valence-electron chi connectivity index (χ0n) is 11.8. The number of nitrogens with one attached hydrogen (secondary N) is 1. The minimum Gasteiger partial charge on any atom is -0.497 e. The quantitative estimate of drug-likeness (QED) is 0.853. The summed E-state index contributed by atoms with van der Waals surface area (Å²) in [5.74, 6) is 2.01. The third-order valence-electron chi connectivity index (χ3n) is 3.32. The molecule has 104 valence electrons. The molecule has 1 aromatic rings. The molecule has 0 radical (unpaired) electrons.